The van der Waals surface area contributed by atoms with Gasteiger partial charge in [-0.1, -0.05) is 25.4 Å². The number of hydrogen-bond donors (Lipinski definition) is 3. The van der Waals surface area contributed by atoms with Crippen LogP contribution in [0, 0.1) is 5.92 Å². The van der Waals surface area contributed by atoms with Crippen LogP contribution < -0.4 is 20.9 Å². The molecule has 2 rings (SSSR count). The predicted octanol–water partition coefficient (Wildman–Crippen LogP) is 5.20. The fraction of sp³-hybridized carbons (Fsp3) is 0.300. The highest BCUT2D eigenvalue weighted by Crippen LogP contribution is 2.28. The van der Waals surface area contributed by atoms with Crippen LogP contribution in [0.5, 0.6) is 0 Å². The second-order valence-corrected chi connectivity index (χ2v) is 7.59. The average molecular weight is 405 g/mol. The molecule has 144 valence electrons. The Morgan fingerprint density at radius 2 is 1.56 bits per heavy atom. The zero-order valence-electron chi connectivity index (χ0n) is 16.0. The summed E-state index contributed by atoms with van der Waals surface area (Å²) in [7, 11) is 2.03. The van der Waals surface area contributed by atoms with Crippen LogP contribution >= 0.6 is 23.8 Å². The second-order valence-electron chi connectivity index (χ2n) is 6.78. The topological polar surface area (TPSA) is 56.4 Å². The van der Waals surface area contributed by atoms with Crippen molar-refractivity contribution >= 4 is 57.6 Å². The lowest BCUT2D eigenvalue weighted by Crippen LogP contribution is -2.23. The number of rotatable bonds is 6. The molecular weight excluding hydrogens is 380 g/mol. The van der Waals surface area contributed by atoms with Crippen LogP contribution in [0.25, 0.3) is 0 Å². The standard InChI is InChI=1S/C20H25ClN4OS/c1-13(2)12-25(4)19-10-9-17(11-18(19)21)24-20(27)23-16-7-5-15(6-8-16)22-14(3)26/h5-11,13H,12H2,1-4H3,(H,22,26)(H2,23,24,27). The molecule has 2 aromatic rings. The molecule has 5 nitrogen and oxygen atoms in total. The number of nitrogens with one attached hydrogen (secondary N) is 3. The van der Waals surface area contributed by atoms with Crippen molar-refractivity contribution in [2.45, 2.75) is 20.8 Å². The SMILES string of the molecule is CC(=O)Nc1ccc(NC(=S)Nc2ccc(N(C)CC(C)C)c(Cl)c2)cc1. The highest BCUT2D eigenvalue weighted by Gasteiger charge is 2.09. The van der Waals surface area contributed by atoms with Gasteiger partial charge in [0.1, 0.15) is 0 Å². The molecule has 0 saturated carbocycles. The van der Waals surface area contributed by atoms with E-state index in [0.29, 0.717) is 16.1 Å². The van der Waals surface area contributed by atoms with Gasteiger partial charge in [0.25, 0.3) is 0 Å². The van der Waals surface area contributed by atoms with Crippen molar-refractivity contribution in [3.05, 3.63) is 47.5 Å². The van der Waals surface area contributed by atoms with Gasteiger partial charge in [-0.2, -0.15) is 0 Å². The van der Waals surface area contributed by atoms with Gasteiger partial charge in [0.2, 0.25) is 5.91 Å². The largest absolute Gasteiger partial charge is 0.373 e. The average Bonchev–Trinajstić information content (AvgIpc) is 2.55. The third-order valence-electron chi connectivity index (χ3n) is 3.72. The quantitative estimate of drug-likeness (QED) is 0.578. The summed E-state index contributed by atoms with van der Waals surface area (Å²) in [5, 5.41) is 10.1. The Hall–Kier alpha value is -2.31. The summed E-state index contributed by atoms with van der Waals surface area (Å²) in [4.78, 5) is 13.2. The van der Waals surface area contributed by atoms with Gasteiger partial charge < -0.3 is 20.9 Å². The van der Waals surface area contributed by atoms with Crippen molar-refractivity contribution in [2.75, 3.05) is 34.4 Å². The van der Waals surface area contributed by atoms with E-state index in [1.165, 1.54) is 6.92 Å². The molecule has 0 aliphatic heterocycles. The lowest BCUT2D eigenvalue weighted by atomic mass is 10.2. The number of carbonyl (C=O) groups excluding carboxylic acids is 1. The van der Waals surface area contributed by atoms with Crippen molar-refractivity contribution in [2.24, 2.45) is 5.92 Å². The van der Waals surface area contributed by atoms with Gasteiger partial charge in [-0.3, -0.25) is 4.79 Å². The first-order valence-corrected chi connectivity index (χ1v) is 9.49. The van der Waals surface area contributed by atoms with E-state index in [9.17, 15) is 4.79 Å². The summed E-state index contributed by atoms with van der Waals surface area (Å²) in [6, 6.07) is 13.1. The Balaban J connectivity index is 1.97. The van der Waals surface area contributed by atoms with Crippen molar-refractivity contribution < 1.29 is 4.79 Å². The number of benzene rings is 2. The molecule has 27 heavy (non-hydrogen) atoms. The smallest absolute Gasteiger partial charge is 0.221 e. The predicted molar refractivity (Wildman–Crippen MR) is 120 cm³/mol. The number of thiocarbonyl (C=S) groups is 1. The summed E-state index contributed by atoms with van der Waals surface area (Å²) in [5.74, 6) is 0.449. The minimum atomic E-state index is -0.104. The van der Waals surface area contributed by atoms with Crippen molar-refractivity contribution in [3.8, 4) is 0 Å². The number of nitrogens with zero attached hydrogens (tertiary/aromatic N) is 1. The third kappa shape index (κ3) is 6.73. The molecule has 0 aromatic heterocycles. The molecule has 0 unspecified atom stereocenters. The van der Waals surface area contributed by atoms with Crippen LogP contribution in [0.4, 0.5) is 22.7 Å². The maximum atomic E-state index is 11.1. The van der Waals surface area contributed by atoms with Crippen molar-refractivity contribution in [3.63, 3.8) is 0 Å². The Morgan fingerprint density at radius 3 is 2.07 bits per heavy atom. The monoisotopic (exact) mass is 404 g/mol. The fourth-order valence-corrected chi connectivity index (χ4v) is 3.23. The number of amides is 1. The van der Waals surface area contributed by atoms with E-state index in [1.807, 2.05) is 49.5 Å². The summed E-state index contributed by atoms with van der Waals surface area (Å²) in [6.07, 6.45) is 0. The number of carbonyl (C=O) groups is 1. The van der Waals surface area contributed by atoms with Crippen molar-refractivity contribution in [1.82, 2.24) is 0 Å². The number of halogens is 1. The minimum Gasteiger partial charge on any atom is -0.373 e. The second kappa shape index (κ2) is 9.58. The molecule has 0 radical (unpaired) electrons. The minimum absolute atomic E-state index is 0.104. The van der Waals surface area contributed by atoms with Gasteiger partial charge in [0.15, 0.2) is 5.11 Å². The molecule has 2 aromatic carbocycles. The Morgan fingerprint density at radius 1 is 1.04 bits per heavy atom. The fourth-order valence-electron chi connectivity index (χ4n) is 2.67. The van der Waals surface area contributed by atoms with Gasteiger partial charge in [0.05, 0.1) is 10.7 Å². The highest BCUT2D eigenvalue weighted by atomic mass is 35.5. The third-order valence-corrected chi connectivity index (χ3v) is 4.23. The molecule has 7 heteroatoms. The molecule has 0 atom stereocenters. The van der Waals surface area contributed by atoms with E-state index in [1.54, 1.807) is 0 Å². The van der Waals surface area contributed by atoms with E-state index < -0.39 is 0 Å². The molecule has 0 saturated heterocycles. The zero-order chi connectivity index (χ0) is 20.0. The zero-order valence-corrected chi connectivity index (χ0v) is 17.5. The van der Waals surface area contributed by atoms with Crippen LogP contribution in [0.2, 0.25) is 5.02 Å². The summed E-state index contributed by atoms with van der Waals surface area (Å²) >= 11 is 11.8. The van der Waals surface area contributed by atoms with Crippen LogP contribution in [-0.2, 0) is 4.79 Å². The van der Waals surface area contributed by atoms with Crippen LogP contribution in [0.1, 0.15) is 20.8 Å². The maximum absolute atomic E-state index is 11.1. The maximum Gasteiger partial charge on any atom is 0.221 e. The Bertz CT molecular complexity index is 808. The normalized spacial score (nSPS) is 10.4. The number of hydrogen-bond acceptors (Lipinski definition) is 3. The highest BCUT2D eigenvalue weighted by molar-refractivity contribution is 7.80. The van der Waals surface area contributed by atoms with E-state index in [-0.39, 0.29) is 5.91 Å². The number of anilines is 4. The van der Waals surface area contributed by atoms with Gasteiger partial charge >= 0.3 is 0 Å². The lowest BCUT2D eigenvalue weighted by molar-refractivity contribution is -0.114. The van der Waals surface area contributed by atoms with Crippen molar-refractivity contribution in [1.29, 1.82) is 0 Å². The Labute approximate surface area is 171 Å². The van der Waals surface area contributed by atoms with Crippen LogP contribution in [0.15, 0.2) is 42.5 Å². The van der Waals surface area contributed by atoms with Gasteiger partial charge in [-0.25, -0.2) is 0 Å². The van der Waals surface area contributed by atoms with E-state index in [2.05, 4.69) is 34.7 Å². The molecule has 1 amide bonds. The van der Waals surface area contributed by atoms with Gasteiger partial charge in [-0.15, -0.1) is 0 Å². The summed E-state index contributed by atoms with van der Waals surface area (Å²) in [6.45, 7) is 6.75. The summed E-state index contributed by atoms with van der Waals surface area (Å²) < 4.78 is 0. The lowest BCUT2D eigenvalue weighted by Gasteiger charge is -2.23. The molecule has 0 heterocycles. The van der Waals surface area contributed by atoms with E-state index in [4.69, 9.17) is 23.8 Å². The molecule has 0 bridgehead atoms. The molecular formula is C20H25ClN4OS. The van der Waals surface area contributed by atoms with E-state index >= 15 is 0 Å². The molecule has 0 fully saturated rings. The summed E-state index contributed by atoms with van der Waals surface area (Å²) in [5.41, 5.74) is 3.36. The molecule has 0 aliphatic rings. The van der Waals surface area contributed by atoms with E-state index in [0.717, 1.165) is 29.3 Å². The Kier molecular flexibility index (Phi) is 7.45. The molecule has 0 spiro atoms. The van der Waals surface area contributed by atoms with Crippen LogP contribution in [0.3, 0.4) is 0 Å². The molecule has 0 aliphatic carbocycles. The van der Waals surface area contributed by atoms with Gasteiger partial charge in [-0.05, 0) is 60.6 Å². The molecule has 3 N–H and O–H groups in total. The first-order valence-electron chi connectivity index (χ1n) is 8.71. The first kappa shape index (κ1) is 21.0. The van der Waals surface area contributed by atoms with Crippen LogP contribution in [-0.4, -0.2) is 24.6 Å². The van der Waals surface area contributed by atoms with Gasteiger partial charge in [0, 0.05) is 37.6 Å². The first-order chi connectivity index (χ1) is 12.7.